The molecule has 5 heterocycles. The van der Waals surface area contributed by atoms with E-state index in [4.69, 9.17) is 9.72 Å². The van der Waals surface area contributed by atoms with Crippen LogP contribution >= 0.6 is 0 Å². The lowest BCUT2D eigenvalue weighted by Gasteiger charge is -2.38. The summed E-state index contributed by atoms with van der Waals surface area (Å²) in [7, 11) is 0. The third-order valence-corrected chi connectivity index (χ3v) is 8.16. The van der Waals surface area contributed by atoms with E-state index in [1.807, 2.05) is 6.20 Å². The van der Waals surface area contributed by atoms with Crippen molar-refractivity contribution in [1.82, 2.24) is 15.0 Å². The number of benzene rings is 1. The van der Waals surface area contributed by atoms with Crippen LogP contribution < -0.4 is 15.1 Å². The number of hydrogen-bond acceptors (Lipinski definition) is 8. The highest BCUT2D eigenvalue weighted by Gasteiger charge is 2.40. The average Bonchev–Trinajstić information content (AvgIpc) is 3.47. The number of aromatic nitrogens is 3. The minimum Gasteiger partial charge on any atom is -0.390 e. The van der Waals surface area contributed by atoms with E-state index in [1.165, 1.54) is 23.6 Å². The van der Waals surface area contributed by atoms with Crippen LogP contribution in [0.1, 0.15) is 38.7 Å². The molecule has 9 heteroatoms. The zero-order valence-corrected chi connectivity index (χ0v) is 21.7. The first-order chi connectivity index (χ1) is 17.8. The lowest BCUT2D eigenvalue weighted by molar-refractivity contribution is -0.00860. The number of ether oxygens (including phenoxy) is 1. The van der Waals surface area contributed by atoms with Gasteiger partial charge in [-0.2, -0.15) is 4.98 Å². The standard InChI is InChI=1S/C28H35FN6O2/c1-17(2)20-4-5-23(35-12-18-14-37-15-19(18)13-35)22-11-31-26(10-21(20)22)32-25-6-8-30-27(33-25)34-9-7-24(36)28(3,29)16-34/h4-6,8,10-11,17-19,24,36H,7,9,12-16H2,1-3H3,(H,30,31,32,33)/t18-,19+,24-,28+/m1/s1. The lowest BCUT2D eigenvalue weighted by atomic mass is 9.94. The number of nitrogens with one attached hydrogen (secondary N) is 1. The molecule has 37 heavy (non-hydrogen) atoms. The molecule has 0 bridgehead atoms. The average molecular weight is 507 g/mol. The molecular formula is C28H35FN6O2. The molecule has 4 atom stereocenters. The van der Waals surface area contributed by atoms with E-state index in [2.05, 4.69) is 52.2 Å². The Kier molecular flexibility index (Phi) is 6.15. The van der Waals surface area contributed by atoms with Crippen molar-refractivity contribution in [2.45, 2.75) is 44.9 Å². The summed E-state index contributed by atoms with van der Waals surface area (Å²) in [6, 6.07) is 8.39. The maximum atomic E-state index is 14.7. The maximum absolute atomic E-state index is 14.7. The zero-order chi connectivity index (χ0) is 25.7. The maximum Gasteiger partial charge on any atom is 0.227 e. The lowest BCUT2D eigenvalue weighted by Crippen LogP contribution is -2.52. The number of nitrogens with zero attached hydrogens (tertiary/aromatic N) is 5. The first-order valence-corrected chi connectivity index (χ1v) is 13.3. The molecule has 0 unspecified atom stereocenters. The minimum atomic E-state index is -1.70. The van der Waals surface area contributed by atoms with E-state index < -0.39 is 11.8 Å². The Morgan fingerprint density at radius 2 is 1.86 bits per heavy atom. The molecule has 0 spiro atoms. The summed E-state index contributed by atoms with van der Waals surface area (Å²) < 4.78 is 20.4. The molecule has 3 saturated heterocycles. The van der Waals surface area contributed by atoms with Crippen LogP contribution in [0.4, 0.5) is 27.7 Å². The monoisotopic (exact) mass is 506 g/mol. The molecule has 3 fully saturated rings. The number of fused-ring (bicyclic) bond motifs is 2. The molecule has 8 nitrogen and oxygen atoms in total. The van der Waals surface area contributed by atoms with Gasteiger partial charge in [0.15, 0.2) is 5.67 Å². The van der Waals surface area contributed by atoms with Crippen molar-refractivity contribution in [3.63, 3.8) is 0 Å². The fourth-order valence-corrected chi connectivity index (χ4v) is 5.99. The molecule has 2 N–H and O–H groups in total. The molecule has 0 aliphatic carbocycles. The minimum absolute atomic E-state index is 0.0523. The predicted molar refractivity (Wildman–Crippen MR) is 144 cm³/mol. The van der Waals surface area contributed by atoms with Crippen molar-refractivity contribution in [2.24, 2.45) is 11.8 Å². The van der Waals surface area contributed by atoms with Gasteiger partial charge < -0.3 is 25.0 Å². The van der Waals surface area contributed by atoms with Crippen LogP contribution in [0, 0.1) is 11.8 Å². The Morgan fingerprint density at radius 3 is 2.59 bits per heavy atom. The van der Waals surface area contributed by atoms with Crippen molar-refractivity contribution in [2.75, 3.05) is 54.5 Å². The molecule has 196 valence electrons. The van der Waals surface area contributed by atoms with Gasteiger partial charge in [-0.05, 0) is 48.4 Å². The van der Waals surface area contributed by atoms with Gasteiger partial charge in [0, 0.05) is 54.9 Å². The number of hydrogen-bond donors (Lipinski definition) is 2. The summed E-state index contributed by atoms with van der Waals surface area (Å²) in [6.07, 6.45) is 3.00. The summed E-state index contributed by atoms with van der Waals surface area (Å²) in [5, 5.41) is 15.6. The first kappa shape index (κ1) is 24.3. The summed E-state index contributed by atoms with van der Waals surface area (Å²) in [5.41, 5.74) is 0.819. The van der Waals surface area contributed by atoms with E-state index in [0.717, 1.165) is 31.7 Å². The Morgan fingerprint density at radius 1 is 1.08 bits per heavy atom. The highest BCUT2D eigenvalue weighted by molar-refractivity contribution is 5.97. The van der Waals surface area contributed by atoms with Crippen LogP contribution in [0.15, 0.2) is 36.7 Å². The molecule has 0 amide bonds. The van der Waals surface area contributed by atoms with Gasteiger partial charge in [0.25, 0.3) is 0 Å². The largest absolute Gasteiger partial charge is 0.390 e. The van der Waals surface area contributed by atoms with E-state index in [1.54, 1.807) is 17.2 Å². The number of aliphatic hydroxyl groups is 1. The van der Waals surface area contributed by atoms with Gasteiger partial charge >= 0.3 is 0 Å². The second-order valence-corrected chi connectivity index (χ2v) is 11.3. The highest BCUT2D eigenvalue weighted by atomic mass is 19.1. The van der Waals surface area contributed by atoms with Gasteiger partial charge in [-0.3, -0.25) is 0 Å². The fraction of sp³-hybridized carbons (Fsp3) is 0.536. The number of alkyl halides is 1. The molecule has 0 radical (unpaired) electrons. The Balaban J connectivity index is 1.28. The van der Waals surface area contributed by atoms with E-state index in [9.17, 15) is 9.50 Å². The van der Waals surface area contributed by atoms with Crippen LogP contribution in [-0.2, 0) is 4.74 Å². The van der Waals surface area contributed by atoms with Crippen molar-refractivity contribution >= 4 is 34.0 Å². The van der Waals surface area contributed by atoms with Gasteiger partial charge in [0.2, 0.25) is 5.95 Å². The number of rotatable bonds is 5. The van der Waals surface area contributed by atoms with Crippen LogP contribution in [0.5, 0.6) is 0 Å². The summed E-state index contributed by atoms with van der Waals surface area (Å²) >= 11 is 0. The molecule has 1 aromatic carbocycles. The summed E-state index contributed by atoms with van der Waals surface area (Å²) in [6.45, 7) is 10.2. The molecule has 6 rings (SSSR count). The topological polar surface area (TPSA) is 86.6 Å². The van der Waals surface area contributed by atoms with Gasteiger partial charge in [0.1, 0.15) is 11.6 Å². The molecule has 3 aromatic rings. The van der Waals surface area contributed by atoms with Crippen molar-refractivity contribution in [3.05, 3.63) is 42.2 Å². The normalized spacial score (nSPS) is 27.8. The zero-order valence-electron chi connectivity index (χ0n) is 21.7. The van der Waals surface area contributed by atoms with Gasteiger partial charge in [-0.1, -0.05) is 19.9 Å². The fourth-order valence-electron chi connectivity index (χ4n) is 5.99. The van der Waals surface area contributed by atoms with Gasteiger partial charge in [-0.25, -0.2) is 14.4 Å². The SMILES string of the molecule is CC(C)c1ccc(N2C[C@H]3COC[C@H]3C2)c2cnc(Nc3ccnc(N4CC[C@@H](O)[C@@](C)(F)C4)n3)cc12. The summed E-state index contributed by atoms with van der Waals surface area (Å²) in [5.74, 6) is 3.33. The van der Waals surface area contributed by atoms with E-state index >= 15 is 0 Å². The van der Waals surface area contributed by atoms with Crippen molar-refractivity contribution < 1.29 is 14.2 Å². The smallest absolute Gasteiger partial charge is 0.227 e. The second-order valence-electron chi connectivity index (χ2n) is 11.3. The summed E-state index contributed by atoms with van der Waals surface area (Å²) in [4.78, 5) is 18.0. The third-order valence-electron chi connectivity index (χ3n) is 8.16. The highest BCUT2D eigenvalue weighted by Crippen LogP contribution is 2.39. The number of aliphatic hydroxyl groups excluding tert-OH is 1. The number of pyridine rings is 1. The Hall–Kier alpha value is -3.04. The van der Waals surface area contributed by atoms with Gasteiger partial charge in [-0.15, -0.1) is 0 Å². The van der Waals surface area contributed by atoms with Crippen LogP contribution in [0.25, 0.3) is 10.8 Å². The van der Waals surface area contributed by atoms with E-state index in [0.29, 0.717) is 48.3 Å². The van der Waals surface area contributed by atoms with Crippen LogP contribution in [0.3, 0.4) is 0 Å². The second kappa shape index (κ2) is 9.36. The Labute approximate surface area is 216 Å². The van der Waals surface area contributed by atoms with Crippen LogP contribution in [-0.4, -0.2) is 71.2 Å². The number of anilines is 4. The molecule has 3 aliphatic rings. The van der Waals surface area contributed by atoms with Crippen molar-refractivity contribution in [1.29, 1.82) is 0 Å². The first-order valence-electron chi connectivity index (χ1n) is 13.3. The predicted octanol–water partition coefficient (Wildman–Crippen LogP) is 4.27. The quantitative estimate of drug-likeness (QED) is 0.531. The van der Waals surface area contributed by atoms with E-state index in [-0.39, 0.29) is 6.54 Å². The molecule has 2 aromatic heterocycles. The molecule has 0 saturated carbocycles. The Bertz CT molecular complexity index is 1290. The third kappa shape index (κ3) is 4.59. The molecule has 3 aliphatic heterocycles. The number of halogens is 1. The molecular weight excluding hydrogens is 471 g/mol. The number of piperidine rings is 1. The van der Waals surface area contributed by atoms with Gasteiger partial charge in [0.05, 0.1) is 25.9 Å². The van der Waals surface area contributed by atoms with Crippen LogP contribution in [0.2, 0.25) is 0 Å². The van der Waals surface area contributed by atoms with Crippen molar-refractivity contribution in [3.8, 4) is 0 Å².